The first kappa shape index (κ1) is 14.9. The third kappa shape index (κ3) is 2.84. The lowest BCUT2D eigenvalue weighted by Crippen LogP contribution is -2.20. The van der Waals surface area contributed by atoms with Gasteiger partial charge in [0.05, 0.1) is 24.0 Å². The number of anilines is 3. The van der Waals surface area contributed by atoms with E-state index in [4.69, 9.17) is 10.5 Å². The molecule has 0 fully saturated rings. The summed E-state index contributed by atoms with van der Waals surface area (Å²) in [5.41, 5.74) is 10.1. The van der Waals surface area contributed by atoms with Crippen LogP contribution >= 0.6 is 0 Å². The molecule has 0 bridgehead atoms. The molecule has 2 N–H and O–H groups in total. The second kappa shape index (κ2) is 6.31. The van der Waals surface area contributed by atoms with Gasteiger partial charge in [0.25, 0.3) is 0 Å². The Morgan fingerprint density at radius 2 is 1.81 bits per heavy atom. The first-order valence-electron chi connectivity index (χ1n) is 6.90. The second-order valence-electron chi connectivity index (χ2n) is 4.76. The van der Waals surface area contributed by atoms with Gasteiger partial charge in [-0.25, -0.2) is 4.79 Å². The smallest absolute Gasteiger partial charge is 0.340 e. The quantitative estimate of drug-likeness (QED) is 0.689. The van der Waals surface area contributed by atoms with Crippen LogP contribution in [-0.4, -0.2) is 19.6 Å². The van der Waals surface area contributed by atoms with Crippen LogP contribution in [-0.2, 0) is 4.74 Å². The molecule has 0 saturated carbocycles. The van der Waals surface area contributed by atoms with Crippen LogP contribution in [0.15, 0.2) is 42.5 Å². The molecule has 0 amide bonds. The van der Waals surface area contributed by atoms with Gasteiger partial charge in [0, 0.05) is 12.2 Å². The topological polar surface area (TPSA) is 55.6 Å². The number of nitrogens with two attached hydrogens (primary N) is 1. The fourth-order valence-electron chi connectivity index (χ4n) is 2.41. The largest absolute Gasteiger partial charge is 0.465 e. The van der Waals surface area contributed by atoms with Gasteiger partial charge in [0.1, 0.15) is 0 Å². The van der Waals surface area contributed by atoms with Crippen LogP contribution in [0.1, 0.15) is 22.8 Å². The van der Waals surface area contributed by atoms with Crippen molar-refractivity contribution in [1.29, 1.82) is 0 Å². The molecule has 0 aliphatic carbocycles. The van der Waals surface area contributed by atoms with E-state index in [9.17, 15) is 4.79 Å². The molecule has 0 radical (unpaired) electrons. The average molecular weight is 284 g/mol. The zero-order valence-electron chi connectivity index (χ0n) is 12.6. The predicted molar refractivity (Wildman–Crippen MR) is 86.1 cm³/mol. The van der Waals surface area contributed by atoms with Crippen molar-refractivity contribution in [2.75, 3.05) is 24.3 Å². The van der Waals surface area contributed by atoms with E-state index in [0.717, 1.165) is 23.5 Å². The lowest BCUT2D eigenvalue weighted by molar-refractivity contribution is 0.0602. The van der Waals surface area contributed by atoms with Crippen LogP contribution in [0.4, 0.5) is 17.1 Å². The van der Waals surface area contributed by atoms with Crippen molar-refractivity contribution in [3.05, 3.63) is 53.6 Å². The van der Waals surface area contributed by atoms with Crippen molar-refractivity contribution in [2.24, 2.45) is 0 Å². The summed E-state index contributed by atoms with van der Waals surface area (Å²) in [7, 11) is 1.35. The molecule has 21 heavy (non-hydrogen) atoms. The van der Waals surface area contributed by atoms with Gasteiger partial charge in [-0.3, -0.25) is 0 Å². The molecule has 0 aliphatic heterocycles. The highest BCUT2D eigenvalue weighted by Gasteiger charge is 2.17. The van der Waals surface area contributed by atoms with E-state index in [1.165, 1.54) is 7.11 Å². The molecule has 4 heteroatoms. The summed E-state index contributed by atoms with van der Waals surface area (Å²) in [6, 6.07) is 13.5. The average Bonchev–Trinajstić information content (AvgIpc) is 2.50. The van der Waals surface area contributed by atoms with Crippen molar-refractivity contribution < 1.29 is 9.53 Å². The van der Waals surface area contributed by atoms with Crippen molar-refractivity contribution in [1.82, 2.24) is 0 Å². The van der Waals surface area contributed by atoms with Gasteiger partial charge in [-0.05, 0) is 37.6 Å². The lowest BCUT2D eigenvalue weighted by Gasteiger charge is -2.27. The fourth-order valence-corrected chi connectivity index (χ4v) is 2.41. The molecule has 0 aliphatic rings. The fraction of sp³-hybridized carbons (Fsp3) is 0.235. The van der Waals surface area contributed by atoms with Gasteiger partial charge in [-0.15, -0.1) is 0 Å². The molecule has 0 saturated heterocycles. The Morgan fingerprint density at radius 1 is 1.14 bits per heavy atom. The van der Waals surface area contributed by atoms with E-state index in [1.807, 2.05) is 30.3 Å². The minimum Gasteiger partial charge on any atom is -0.465 e. The molecule has 0 heterocycles. The van der Waals surface area contributed by atoms with Gasteiger partial charge >= 0.3 is 5.97 Å². The molecular weight excluding hydrogens is 264 g/mol. The Kier molecular flexibility index (Phi) is 4.48. The van der Waals surface area contributed by atoms with Gasteiger partial charge in [-0.1, -0.05) is 24.3 Å². The lowest BCUT2D eigenvalue weighted by atomic mass is 10.1. The summed E-state index contributed by atoms with van der Waals surface area (Å²) in [6.07, 6.45) is 0. The number of ether oxygens (including phenoxy) is 1. The van der Waals surface area contributed by atoms with Crippen LogP contribution < -0.4 is 10.6 Å². The number of methoxy groups -OCH3 is 1. The maximum absolute atomic E-state index is 11.8. The molecular formula is C17H20N2O2. The molecule has 2 rings (SSSR count). The number of benzene rings is 2. The number of aryl methyl sites for hydroxylation is 1. The summed E-state index contributed by atoms with van der Waals surface area (Å²) >= 11 is 0. The van der Waals surface area contributed by atoms with E-state index in [0.29, 0.717) is 11.3 Å². The Balaban J connectivity index is 2.54. The van der Waals surface area contributed by atoms with Crippen molar-refractivity contribution in [2.45, 2.75) is 13.8 Å². The van der Waals surface area contributed by atoms with Gasteiger partial charge in [0.15, 0.2) is 0 Å². The molecule has 0 atom stereocenters. The predicted octanol–water partition coefficient (Wildman–Crippen LogP) is 3.52. The third-order valence-corrected chi connectivity index (χ3v) is 3.50. The maximum Gasteiger partial charge on any atom is 0.340 e. The SMILES string of the molecule is CCN(c1ccccc1C)c1cccc(C(=O)OC)c1N. The number of nitrogen functional groups attached to an aromatic ring is 1. The number of carbonyl (C=O) groups excluding carboxylic acids is 1. The van der Waals surface area contributed by atoms with E-state index >= 15 is 0 Å². The summed E-state index contributed by atoms with van der Waals surface area (Å²) in [4.78, 5) is 13.9. The molecule has 0 aromatic heterocycles. The normalized spacial score (nSPS) is 10.2. The van der Waals surface area contributed by atoms with Crippen LogP contribution in [0.25, 0.3) is 0 Å². The monoisotopic (exact) mass is 284 g/mol. The minimum absolute atomic E-state index is 0.391. The summed E-state index contributed by atoms with van der Waals surface area (Å²) in [5, 5.41) is 0. The summed E-state index contributed by atoms with van der Waals surface area (Å²) < 4.78 is 4.78. The van der Waals surface area contributed by atoms with Crippen LogP contribution in [0.2, 0.25) is 0 Å². The van der Waals surface area contributed by atoms with Crippen molar-refractivity contribution >= 4 is 23.0 Å². The Hall–Kier alpha value is -2.49. The van der Waals surface area contributed by atoms with E-state index in [2.05, 4.69) is 24.8 Å². The Bertz CT molecular complexity index is 653. The van der Waals surface area contributed by atoms with E-state index < -0.39 is 5.97 Å². The van der Waals surface area contributed by atoms with E-state index in [-0.39, 0.29) is 0 Å². The number of nitrogens with zero attached hydrogens (tertiary/aromatic N) is 1. The van der Waals surface area contributed by atoms with Gasteiger partial charge in [-0.2, -0.15) is 0 Å². The van der Waals surface area contributed by atoms with E-state index in [1.54, 1.807) is 6.07 Å². The van der Waals surface area contributed by atoms with Gasteiger partial charge in [0.2, 0.25) is 0 Å². The molecule has 2 aromatic rings. The minimum atomic E-state index is -0.421. The Morgan fingerprint density at radius 3 is 2.43 bits per heavy atom. The van der Waals surface area contributed by atoms with Crippen LogP contribution in [0, 0.1) is 6.92 Å². The number of esters is 1. The molecule has 4 nitrogen and oxygen atoms in total. The van der Waals surface area contributed by atoms with Crippen molar-refractivity contribution in [3.63, 3.8) is 0 Å². The number of para-hydroxylation sites is 2. The molecule has 0 unspecified atom stereocenters. The van der Waals surface area contributed by atoms with Crippen molar-refractivity contribution in [3.8, 4) is 0 Å². The van der Waals surface area contributed by atoms with Crippen LogP contribution in [0.5, 0.6) is 0 Å². The summed E-state index contributed by atoms with van der Waals surface area (Å²) in [5.74, 6) is -0.421. The zero-order chi connectivity index (χ0) is 15.4. The second-order valence-corrected chi connectivity index (χ2v) is 4.76. The number of hydrogen-bond acceptors (Lipinski definition) is 4. The standard InChI is InChI=1S/C17H20N2O2/c1-4-19(14-10-6-5-8-12(14)2)15-11-7-9-13(16(15)18)17(20)21-3/h5-11H,4,18H2,1-3H3. The first-order chi connectivity index (χ1) is 10.1. The van der Waals surface area contributed by atoms with Gasteiger partial charge < -0.3 is 15.4 Å². The Labute approximate surface area is 125 Å². The number of hydrogen-bond donors (Lipinski definition) is 1. The van der Waals surface area contributed by atoms with Crippen LogP contribution in [0.3, 0.4) is 0 Å². The number of carbonyl (C=O) groups is 1. The highest BCUT2D eigenvalue weighted by atomic mass is 16.5. The maximum atomic E-state index is 11.8. The molecule has 2 aromatic carbocycles. The number of rotatable bonds is 4. The highest BCUT2D eigenvalue weighted by molar-refractivity contribution is 5.99. The summed E-state index contributed by atoms with van der Waals surface area (Å²) in [6.45, 7) is 4.86. The molecule has 0 spiro atoms. The highest BCUT2D eigenvalue weighted by Crippen LogP contribution is 2.34. The molecule has 110 valence electrons. The third-order valence-electron chi connectivity index (χ3n) is 3.50. The first-order valence-corrected chi connectivity index (χ1v) is 6.90. The zero-order valence-corrected chi connectivity index (χ0v) is 12.6.